The van der Waals surface area contributed by atoms with Crippen molar-refractivity contribution < 1.29 is 4.74 Å². The highest BCUT2D eigenvalue weighted by molar-refractivity contribution is 5.33. The Morgan fingerprint density at radius 2 is 2.12 bits per heavy atom. The highest BCUT2D eigenvalue weighted by atomic mass is 16.5. The Morgan fingerprint density at radius 1 is 1.35 bits per heavy atom. The van der Waals surface area contributed by atoms with Crippen molar-refractivity contribution in [1.29, 1.82) is 0 Å². The van der Waals surface area contributed by atoms with E-state index in [-0.39, 0.29) is 0 Å². The highest BCUT2D eigenvalue weighted by Gasteiger charge is 2.18. The number of aromatic nitrogens is 1. The average Bonchev–Trinajstić information content (AvgIpc) is 2.38. The first kappa shape index (κ1) is 12.3. The maximum atomic E-state index is 5.89. The number of rotatable bonds is 4. The molecular weight excluding hydrogens is 214 g/mol. The van der Waals surface area contributed by atoms with Gasteiger partial charge in [-0.1, -0.05) is 13.0 Å². The monoisotopic (exact) mass is 235 g/mol. The van der Waals surface area contributed by atoms with Crippen LogP contribution in [0.3, 0.4) is 0 Å². The second-order valence-corrected chi connectivity index (χ2v) is 4.85. The van der Waals surface area contributed by atoms with Crippen LogP contribution < -0.4 is 11.3 Å². The number of nitrogens with one attached hydrogen (secondary N) is 1. The minimum Gasteiger partial charge on any atom is -0.372 e. The Bertz CT molecular complexity index is 348. The second kappa shape index (κ2) is 5.98. The van der Waals surface area contributed by atoms with Crippen LogP contribution in [0, 0.1) is 5.92 Å². The second-order valence-electron chi connectivity index (χ2n) is 4.85. The Hall–Kier alpha value is -1.13. The molecule has 1 aliphatic carbocycles. The number of nitrogens with zero attached hydrogens (tertiary/aromatic N) is 1. The van der Waals surface area contributed by atoms with E-state index < -0.39 is 0 Å². The van der Waals surface area contributed by atoms with Gasteiger partial charge in [0.2, 0.25) is 0 Å². The summed E-state index contributed by atoms with van der Waals surface area (Å²) in [5.41, 5.74) is 3.47. The molecular formula is C13H21N3O. The Kier molecular flexibility index (Phi) is 4.34. The SMILES string of the molecule is CC1CCC(OCc2cccc(NN)n2)CC1. The average molecular weight is 235 g/mol. The summed E-state index contributed by atoms with van der Waals surface area (Å²) in [5, 5.41) is 0. The van der Waals surface area contributed by atoms with E-state index in [1.807, 2.05) is 18.2 Å². The zero-order valence-electron chi connectivity index (χ0n) is 10.4. The Labute approximate surface area is 103 Å². The molecule has 0 unspecified atom stereocenters. The summed E-state index contributed by atoms with van der Waals surface area (Å²) >= 11 is 0. The molecule has 1 saturated carbocycles. The third-order valence-corrected chi connectivity index (χ3v) is 3.38. The van der Waals surface area contributed by atoms with E-state index in [4.69, 9.17) is 10.6 Å². The molecule has 0 saturated heterocycles. The molecule has 0 spiro atoms. The van der Waals surface area contributed by atoms with Crippen molar-refractivity contribution in [3.63, 3.8) is 0 Å². The van der Waals surface area contributed by atoms with E-state index >= 15 is 0 Å². The van der Waals surface area contributed by atoms with Gasteiger partial charge in [-0.2, -0.15) is 0 Å². The zero-order chi connectivity index (χ0) is 12.1. The summed E-state index contributed by atoms with van der Waals surface area (Å²) in [5.74, 6) is 6.86. The van der Waals surface area contributed by atoms with Crippen molar-refractivity contribution >= 4 is 5.82 Å². The van der Waals surface area contributed by atoms with Crippen molar-refractivity contribution in [2.24, 2.45) is 11.8 Å². The van der Waals surface area contributed by atoms with Crippen LogP contribution in [0.1, 0.15) is 38.3 Å². The van der Waals surface area contributed by atoms with Crippen LogP contribution in [-0.2, 0) is 11.3 Å². The summed E-state index contributed by atoms with van der Waals surface area (Å²) in [7, 11) is 0. The summed E-state index contributed by atoms with van der Waals surface area (Å²) in [6.07, 6.45) is 5.32. The highest BCUT2D eigenvalue weighted by Crippen LogP contribution is 2.26. The molecule has 0 aliphatic heterocycles. The summed E-state index contributed by atoms with van der Waals surface area (Å²) in [6.45, 7) is 2.89. The van der Waals surface area contributed by atoms with Crippen LogP contribution >= 0.6 is 0 Å². The van der Waals surface area contributed by atoms with Crippen LogP contribution in [0.5, 0.6) is 0 Å². The largest absolute Gasteiger partial charge is 0.372 e. The number of hydrogen-bond donors (Lipinski definition) is 2. The predicted molar refractivity (Wildman–Crippen MR) is 68.3 cm³/mol. The third kappa shape index (κ3) is 3.68. The van der Waals surface area contributed by atoms with Crippen LogP contribution in [0.15, 0.2) is 18.2 Å². The van der Waals surface area contributed by atoms with Crippen molar-refractivity contribution in [3.05, 3.63) is 23.9 Å². The molecule has 0 bridgehead atoms. The van der Waals surface area contributed by atoms with Crippen LogP contribution in [0.2, 0.25) is 0 Å². The molecule has 17 heavy (non-hydrogen) atoms. The molecule has 0 aromatic carbocycles. The molecule has 1 heterocycles. The summed E-state index contributed by atoms with van der Waals surface area (Å²) < 4.78 is 5.89. The lowest BCUT2D eigenvalue weighted by Crippen LogP contribution is -2.20. The number of nitrogen functional groups attached to an aromatic ring is 1. The predicted octanol–water partition coefficient (Wildman–Crippen LogP) is 2.46. The first-order chi connectivity index (χ1) is 8.28. The van der Waals surface area contributed by atoms with Crippen molar-refractivity contribution in [3.8, 4) is 0 Å². The van der Waals surface area contributed by atoms with Gasteiger partial charge >= 0.3 is 0 Å². The van der Waals surface area contributed by atoms with Crippen LogP contribution in [0.25, 0.3) is 0 Å². The lowest BCUT2D eigenvalue weighted by atomic mass is 9.89. The third-order valence-electron chi connectivity index (χ3n) is 3.38. The molecule has 1 aromatic rings. The molecule has 0 radical (unpaired) electrons. The summed E-state index contributed by atoms with van der Waals surface area (Å²) in [4.78, 5) is 4.33. The fraction of sp³-hybridized carbons (Fsp3) is 0.615. The quantitative estimate of drug-likeness (QED) is 0.621. The number of pyridine rings is 1. The van der Waals surface area contributed by atoms with Gasteiger partial charge < -0.3 is 10.2 Å². The first-order valence-electron chi connectivity index (χ1n) is 6.32. The number of anilines is 1. The van der Waals surface area contributed by atoms with Gasteiger partial charge in [0.05, 0.1) is 18.4 Å². The molecule has 94 valence electrons. The normalized spacial score (nSPS) is 24.6. The van der Waals surface area contributed by atoms with E-state index in [0.29, 0.717) is 18.5 Å². The number of hydrogen-bond acceptors (Lipinski definition) is 4. The van der Waals surface area contributed by atoms with Gasteiger partial charge in [-0.3, -0.25) is 0 Å². The van der Waals surface area contributed by atoms with Gasteiger partial charge in [-0.25, -0.2) is 10.8 Å². The van der Waals surface area contributed by atoms with Gasteiger partial charge in [-0.15, -0.1) is 0 Å². The van der Waals surface area contributed by atoms with Crippen LogP contribution in [-0.4, -0.2) is 11.1 Å². The van der Waals surface area contributed by atoms with Crippen LogP contribution in [0.4, 0.5) is 5.82 Å². The molecule has 1 fully saturated rings. The maximum absolute atomic E-state index is 5.89. The standard InChI is InChI=1S/C13H21N3O/c1-10-5-7-12(8-6-10)17-9-11-3-2-4-13(15-11)16-14/h2-4,10,12H,5-9,14H2,1H3,(H,15,16). The molecule has 0 atom stereocenters. The fourth-order valence-corrected chi connectivity index (χ4v) is 2.24. The number of hydrazine groups is 1. The molecule has 2 rings (SSSR count). The summed E-state index contributed by atoms with van der Waals surface area (Å²) in [6, 6.07) is 5.74. The molecule has 4 nitrogen and oxygen atoms in total. The smallest absolute Gasteiger partial charge is 0.140 e. The molecule has 1 aliphatic rings. The van der Waals surface area contributed by atoms with Crippen molar-refractivity contribution in [2.45, 2.75) is 45.3 Å². The van der Waals surface area contributed by atoms with Gasteiger partial charge in [-0.05, 0) is 43.7 Å². The van der Waals surface area contributed by atoms with E-state index in [0.717, 1.165) is 11.6 Å². The zero-order valence-corrected chi connectivity index (χ0v) is 10.4. The van der Waals surface area contributed by atoms with Gasteiger partial charge in [0.1, 0.15) is 5.82 Å². The van der Waals surface area contributed by atoms with Crippen molar-refractivity contribution in [1.82, 2.24) is 4.98 Å². The maximum Gasteiger partial charge on any atom is 0.140 e. The van der Waals surface area contributed by atoms with Gasteiger partial charge in [0, 0.05) is 0 Å². The molecule has 0 amide bonds. The minimum absolute atomic E-state index is 0.405. The molecule has 3 N–H and O–H groups in total. The molecule has 4 heteroatoms. The van der Waals surface area contributed by atoms with E-state index in [9.17, 15) is 0 Å². The minimum atomic E-state index is 0.405. The lowest BCUT2D eigenvalue weighted by Gasteiger charge is -2.26. The van der Waals surface area contributed by atoms with Gasteiger partial charge in [0.15, 0.2) is 0 Å². The Balaban J connectivity index is 1.81. The van der Waals surface area contributed by atoms with E-state index in [1.165, 1.54) is 25.7 Å². The number of ether oxygens (including phenoxy) is 1. The Morgan fingerprint density at radius 3 is 2.82 bits per heavy atom. The van der Waals surface area contributed by atoms with Crippen molar-refractivity contribution in [2.75, 3.05) is 5.43 Å². The topological polar surface area (TPSA) is 60.2 Å². The van der Waals surface area contributed by atoms with E-state index in [1.54, 1.807) is 0 Å². The van der Waals surface area contributed by atoms with E-state index in [2.05, 4.69) is 17.3 Å². The first-order valence-corrected chi connectivity index (χ1v) is 6.32. The number of nitrogens with two attached hydrogens (primary N) is 1. The fourth-order valence-electron chi connectivity index (χ4n) is 2.24. The van der Waals surface area contributed by atoms with Gasteiger partial charge in [0.25, 0.3) is 0 Å². The molecule has 1 aromatic heterocycles. The lowest BCUT2D eigenvalue weighted by molar-refractivity contribution is 0.00733.